The van der Waals surface area contributed by atoms with Gasteiger partial charge in [0.25, 0.3) is 0 Å². The molecule has 1 saturated heterocycles. The van der Waals surface area contributed by atoms with Crippen molar-refractivity contribution in [2.75, 3.05) is 33.4 Å². The zero-order valence-electron chi connectivity index (χ0n) is 16.4. The van der Waals surface area contributed by atoms with Gasteiger partial charge in [-0.1, -0.05) is 30.3 Å². The van der Waals surface area contributed by atoms with Crippen LogP contribution in [-0.2, 0) is 16.0 Å². The van der Waals surface area contributed by atoms with Gasteiger partial charge in [0.15, 0.2) is 0 Å². The Labute approximate surface area is 166 Å². The second-order valence-electron chi connectivity index (χ2n) is 7.24. The minimum Gasteiger partial charge on any atom is -0.383 e. The van der Waals surface area contributed by atoms with Crippen LogP contribution in [0.25, 0.3) is 10.6 Å². The van der Waals surface area contributed by atoms with Crippen molar-refractivity contribution in [3.63, 3.8) is 0 Å². The van der Waals surface area contributed by atoms with Crippen LogP contribution < -0.4 is 0 Å². The Balaban J connectivity index is 1.52. The van der Waals surface area contributed by atoms with Gasteiger partial charge in [-0.25, -0.2) is 4.98 Å². The lowest BCUT2D eigenvalue weighted by atomic mass is 10.1. The van der Waals surface area contributed by atoms with Crippen molar-refractivity contribution < 1.29 is 9.53 Å². The van der Waals surface area contributed by atoms with Gasteiger partial charge in [0.05, 0.1) is 12.3 Å². The molecule has 0 aliphatic carbocycles. The van der Waals surface area contributed by atoms with Crippen molar-refractivity contribution in [2.45, 2.75) is 38.8 Å². The molecular formula is C21H29N3O2S. The summed E-state index contributed by atoms with van der Waals surface area (Å²) >= 11 is 1.64. The van der Waals surface area contributed by atoms with Crippen molar-refractivity contribution in [1.29, 1.82) is 0 Å². The van der Waals surface area contributed by atoms with Gasteiger partial charge in [-0.2, -0.15) is 0 Å². The highest BCUT2D eigenvalue weighted by atomic mass is 32.1. The number of aryl methyl sites for hydroxylation is 1. The number of ether oxygens (including phenoxy) is 1. The van der Waals surface area contributed by atoms with Crippen LogP contribution in [0, 0.1) is 0 Å². The van der Waals surface area contributed by atoms with Crippen molar-refractivity contribution >= 4 is 17.2 Å². The summed E-state index contributed by atoms with van der Waals surface area (Å²) in [5, 5.41) is 3.09. The fourth-order valence-corrected chi connectivity index (χ4v) is 4.59. The Morgan fingerprint density at radius 2 is 1.93 bits per heavy atom. The summed E-state index contributed by atoms with van der Waals surface area (Å²) in [6, 6.07) is 10.9. The van der Waals surface area contributed by atoms with Crippen LogP contribution in [0.2, 0.25) is 0 Å². The zero-order valence-corrected chi connectivity index (χ0v) is 17.2. The molecule has 0 saturated carbocycles. The first kappa shape index (κ1) is 20.0. The first-order valence-corrected chi connectivity index (χ1v) is 10.5. The van der Waals surface area contributed by atoms with Crippen molar-refractivity contribution in [3.8, 4) is 10.6 Å². The standard InChI is InChI=1S/C21H29N3O2S/c1-16-13-23(14-17(2)24(16)11-12-26-3)20(25)10-9-19-15-27-21(22-19)18-7-5-4-6-8-18/h4-8,15-17H,9-14H2,1-3H3. The van der Waals surface area contributed by atoms with E-state index in [2.05, 4.69) is 36.3 Å². The number of amides is 1. The van der Waals surface area contributed by atoms with Crippen LogP contribution >= 0.6 is 11.3 Å². The molecule has 0 bridgehead atoms. The number of methoxy groups -OCH3 is 1. The highest BCUT2D eigenvalue weighted by Gasteiger charge is 2.31. The molecule has 6 heteroatoms. The average Bonchev–Trinajstić information content (AvgIpc) is 3.15. The molecule has 2 heterocycles. The number of nitrogens with zero attached hydrogens (tertiary/aromatic N) is 3. The number of rotatable bonds is 7. The molecule has 1 amide bonds. The number of hydrogen-bond acceptors (Lipinski definition) is 5. The summed E-state index contributed by atoms with van der Waals surface area (Å²) in [6.45, 7) is 7.62. The van der Waals surface area contributed by atoms with Gasteiger partial charge in [0.2, 0.25) is 5.91 Å². The van der Waals surface area contributed by atoms with E-state index in [1.807, 2.05) is 23.1 Å². The third-order valence-corrected chi connectivity index (χ3v) is 6.12. The van der Waals surface area contributed by atoms with Gasteiger partial charge in [-0.05, 0) is 20.3 Å². The summed E-state index contributed by atoms with van der Waals surface area (Å²) in [5.74, 6) is 0.231. The van der Waals surface area contributed by atoms with E-state index in [4.69, 9.17) is 9.72 Å². The van der Waals surface area contributed by atoms with Gasteiger partial charge in [0, 0.05) is 56.2 Å². The predicted octanol–water partition coefficient (Wildman–Crippen LogP) is 3.31. The molecule has 1 fully saturated rings. The molecule has 1 aromatic carbocycles. The largest absolute Gasteiger partial charge is 0.383 e. The number of hydrogen-bond donors (Lipinski definition) is 0. The van der Waals surface area contributed by atoms with Gasteiger partial charge < -0.3 is 9.64 Å². The minimum atomic E-state index is 0.231. The van der Waals surface area contributed by atoms with Crippen LogP contribution in [0.1, 0.15) is 26.0 Å². The van der Waals surface area contributed by atoms with E-state index in [1.54, 1.807) is 18.4 Å². The average molecular weight is 388 g/mol. The van der Waals surface area contributed by atoms with Gasteiger partial charge >= 0.3 is 0 Å². The molecule has 0 radical (unpaired) electrons. The van der Waals surface area contributed by atoms with Crippen LogP contribution in [0.4, 0.5) is 0 Å². The van der Waals surface area contributed by atoms with E-state index in [9.17, 15) is 4.79 Å². The predicted molar refractivity (Wildman–Crippen MR) is 110 cm³/mol. The Morgan fingerprint density at radius 3 is 2.59 bits per heavy atom. The first-order valence-electron chi connectivity index (χ1n) is 9.60. The van der Waals surface area contributed by atoms with Crippen LogP contribution in [-0.4, -0.2) is 66.1 Å². The molecule has 3 rings (SSSR count). The Kier molecular flexibility index (Phi) is 6.99. The summed E-state index contributed by atoms with van der Waals surface area (Å²) < 4.78 is 5.21. The fourth-order valence-electron chi connectivity index (χ4n) is 3.73. The van der Waals surface area contributed by atoms with Gasteiger partial charge in [-0.3, -0.25) is 9.69 Å². The lowest BCUT2D eigenvalue weighted by molar-refractivity contribution is -0.135. The molecule has 1 aliphatic heterocycles. The smallest absolute Gasteiger partial charge is 0.223 e. The number of thiazole rings is 1. The molecular weight excluding hydrogens is 358 g/mol. The Morgan fingerprint density at radius 1 is 1.22 bits per heavy atom. The van der Waals surface area contributed by atoms with Gasteiger partial charge in [-0.15, -0.1) is 11.3 Å². The van der Waals surface area contributed by atoms with E-state index < -0.39 is 0 Å². The Hall–Kier alpha value is -1.76. The summed E-state index contributed by atoms with van der Waals surface area (Å²) in [7, 11) is 1.73. The van der Waals surface area contributed by atoms with Gasteiger partial charge in [0.1, 0.15) is 5.01 Å². The third-order valence-electron chi connectivity index (χ3n) is 5.18. The maximum absolute atomic E-state index is 12.7. The molecule has 0 spiro atoms. The Bertz CT molecular complexity index is 722. The van der Waals surface area contributed by atoms with E-state index in [-0.39, 0.29) is 5.91 Å². The highest BCUT2D eigenvalue weighted by molar-refractivity contribution is 7.13. The number of aromatic nitrogens is 1. The molecule has 146 valence electrons. The monoisotopic (exact) mass is 387 g/mol. The maximum atomic E-state index is 12.7. The summed E-state index contributed by atoms with van der Waals surface area (Å²) in [4.78, 5) is 21.9. The third kappa shape index (κ3) is 5.15. The molecule has 2 aromatic rings. The quantitative estimate of drug-likeness (QED) is 0.731. The van der Waals surface area contributed by atoms with Crippen LogP contribution in [0.5, 0.6) is 0 Å². The normalized spacial score (nSPS) is 20.8. The summed E-state index contributed by atoms with van der Waals surface area (Å²) in [5.41, 5.74) is 2.14. The fraction of sp³-hybridized carbons (Fsp3) is 0.524. The van der Waals surface area contributed by atoms with E-state index in [0.29, 0.717) is 24.9 Å². The number of piperazine rings is 1. The maximum Gasteiger partial charge on any atom is 0.223 e. The van der Waals surface area contributed by atoms with Crippen LogP contribution in [0.3, 0.4) is 0 Å². The molecule has 2 unspecified atom stereocenters. The number of benzene rings is 1. The molecule has 0 N–H and O–H groups in total. The number of carbonyl (C=O) groups is 1. The number of carbonyl (C=O) groups excluding carboxylic acids is 1. The van der Waals surface area contributed by atoms with Crippen molar-refractivity contribution in [2.24, 2.45) is 0 Å². The topological polar surface area (TPSA) is 45.7 Å². The lowest BCUT2D eigenvalue weighted by Crippen LogP contribution is -2.58. The molecule has 5 nitrogen and oxygen atoms in total. The van der Waals surface area contributed by atoms with Crippen LogP contribution in [0.15, 0.2) is 35.7 Å². The van der Waals surface area contributed by atoms with E-state index in [0.717, 1.165) is 42.5 Å². The van der Waals surface area contributed by atoms with Crippen molar-refractivity contribution in [1.82, 2.24) is 14.8 Å². The zero-order chi connectivity index (χ0) is 19.2. The first-order chi connectivity index (χ1) is 13.1. The van der Waals surface area contributed by atoms with E-state index in [1.165, 1.54) is 0 Å². The van der Waals surface area contributed by atoms with E-state index >= 15 is 0 Å². The highest BCUT2D eigenvalue weighted by Crippen LogP contribution is 2.24. The van der Waals surface area contributed by atoms with Crippen molar-refractivity contribution in [3.05, 3.63) is 41.4 Å². The minimum absolute atomic E-state index is 0.231. The molecule has 1 aliphatic rings. The second-order valence-corrected chi connectivity index (χ2v) is 8.10. The molecule has 2 atom stereocenters. The molecule has 1 aromatic heterocycles. The lowest BCUT2D eigenvalue weighted by Gasteiger charge is -2.44. The molecule has 27 heavy (non-hydrogen) atoms. The second kappa shape index (κ2) is 9.44. The SMILES string of the molecule is COCCN1C(C)CN(C(=O)CCc2csc(-c3ccccc3)n2)CC1C. The summed E-state index contributed by atoms with van der Waals surface area (Å²) in [6.07, 6.45) is 1.23.